The Bertz CT molecular complexity index is 1020. The van der Waals surface area contributed by atoms with Crippen molar-refractivity contribution in [3.8, 4) is 17.6 Å². The normalized spacial score (nSPS) is 13.2. The molecule has 8 heteroatoms. The number of fused-ring (bicyclic) bond motifs is 1. The first-order chi connectivity index (χ1) is 14.4. The summed E-state index contributed by atoms with van der Waals surface area (Å²) >= 11 is 0. The zero-order valence-electron chi connectivity index (χ0n) is 16.8. The minimum absolute atomic E-state index is 0.127. The molecule has 0 aliphatic carbocycles. The Morgan fingerprint density at radius 2 is 1.87 bits per heavy atom. The van der Waals surface area contributed by atoms with Crippen LogP contribution in [0.1, 0.15) is 12.5 Å². The number of nitriles is 1. The first-order valence-electron chi connectivity index (χ1n) is 9.18. The maximum Gasteiger partial charge on any atom is 0.349 e. The van der Waals surface area contributed by atoms with E-state index in [1.54, 1.807) is 30.3 Å². The Kier molecular flexibility index (Phi) is 6.23. The molecule has 154 valence electrons. The minimum Gasteiger partial charge on any atom is -0.454 e. The van der Waals surface area contributed by atoms with Crippen LogP contribution in [0.3, 0.4) is 0 Å². The summed E-state index contributed by atoms with van der Waals surface area (Å²) in [6, 6.07) is 14.1. The molecule has 0 saturated carbocycles. The number of carbonyl (C=O) groups is 2. The maximum absolute atomic E-state index is 12.4. The van der Waals surface area contributed by atoms with Gasteiger partial charge in [-0.05, 0) is 42.8 Å². The van der Waals surface area contributed by atoms with Crippen molar-refractivity contribution in [1.82, 2.24) is 0 Å². The van der Waals surface area contributed by atoms with Gasteiger partial charge in [-0.15, -0.1) is 0 Å². The molecule has 2 aromatic rings. The van der Waals surface area contributed by atoms with E-state index in [4.69, 9.17) is 14.2 Å². The summed E-state index contributed by atoms with van der Waals surface area (Å²) in [5.41, 5.74) is 1.94. The molecule has 0 bridgehead atoms. The quantitative estimate of drug-likeness (QED) is 0.446. The molecule has 30 heavy (non-hydrogen) atoms. The average molecular weight is 407 g/mol. The van der Waals surface area contributed by atoms with E-state index in [9.17, 15) is 14.9 Å². The second-order valence-electron chi connectivity index (χ2n) is 6.76. The van der Waals surface area contributed by atoms with Crippen LogP contribution in [0.5, 0.6) is 11.5 Å². The molecule has 1 atom stereocenters. The van der Waals surface area contributed by atoms with Gasteiger partial charge >= 0.3 is 5.97 Å². The highest BCUT2D eigenvalue weighted by Crippen LogP contribution is 2.34. The Morgan fingerprint density at radius 1 is 1.17 bits per heavy atom. The van der Waals surface area contributed by atoms with Crippen molar-refractivity contribution >= 4 is 29.3 Å². The number of hydrogen-bond acceptors (Lipinski definition) is 7. The summed E-state index contributed by atoms with van der Waals surface area (Å²) < 4.78 is 15.6. The fourth-order valence-corrected chi connectivity index (χ4v) is 2.67. The van der Waals surface area contributed by atoms with Crippen LogP contribution in [0.15, 0.2) is 48.0 Å². The number of rotatable bonds is 6. The fraction of sp³-hybridized carbons (Fsp3) is 0.227. The first kappa shape index (κ1) is 20.7. The monoisotopic (exact) mass is 407 g/mol. The lowest BCUT2D eigenvalue weighted by Gasteiger charge is -2.14. The number of nitrogens with one attached hydrogen (secondary N) is 1. The molecule has 0 unspecified atom stereocenters. The van der Waals surface area contributed by atoms with E-state index in [0.29, 0.717) is 22.7 Å². The molecule has 1 amide bonds. The summed E-state index contributed by atoms with van der Waals surface area (Å²) in [6.07, 6.45) is 0.320. The van der Waals surface area contributed by atoms with Gasteiger partial charge < -0.3 is 24.4 Å². The molecule has 8 nitrogen and oxygen atoms in total. The van der Waals surface area contributed by atoms with E-state index >= 15 is 0 Å². The second kappa shape index (κ2) is 9.01. The molecular weight excluding hydrogens is 386 g/mol. The van der Waals surface area contributed by atoms with Crippen LogP contribution in [0.2, 0.25) is 0 Å². The standard InChI is InChI=1S/C22H21N3O5/c1-14(21(26)24-17-6-9-19-20(11-17)29-13-28-19)30-22(27)16(12-23)10-15-4-7-18(8-5-15)25(2)3/h4-11,14H,13H2,1-3H3,(H,24,26)/b16-10+/t14-/m0/s1. The molecule has 1 heterocycles. The van der Waals surface area contributed by atoms with Crippen molar-refractivity contribution in [3.63, 3.8) is 0 Å². The number of anilines is 2. The van der Waals surface area contributed by atoms with Gasteiger partial charge in [0.1, 0.15) is 11.6 Å². The number of hydrogen-bond donors (Lipinski definition) is 1. The fourth-order valence-electron chi connectivity index (χ4n) is 2.67. The molecule has 1 aliphatic heterocycles. The van der Waals surface area contributed by atoms with Crippen molar-refractivity contribution in [1.29, 1.82) is 5.26 Å². The van der Waals surface area contributed by atoms with Crippen molar-refractivity contribution in [3.05, 3.63) is 53.6 Å². The highest BCUT2D eigenvalue weighted by molar-refractivity contribution is 6.01. The Morgan fingerprint density at radius 3 is 2.53 bits per heavy atom. The summed E-state index contributed by atoms with van der Waals surface area (Å²) in [7, 11) is 3.83. The molecule has 2 aromatic carbocycles. The molecule has 0 radical (unpaired) electrons. The van der Waals surface area contributed by atoms with Gasteiger partial charge in [0.2, 0.25) is 6.79 Å². The lowest BCUT2D eigenvalue weighted by Crippen LogP contribution is -2.30. The smallest absolute Gasteiger partial charge is 0.349 e. The van der Waals surface area contributed by atoms with Crippen LogP contribution >= 0.6 is 0 Å². The number of nitrogens with zero attached hydrogens (tertiary/aromatic N) is 2. The SMILES string of the molecule is C[C@H](OC(=O)/C(C#N)=C/c1ccc(N(C)C)cc1)C(=O)Nc1ccc2c(c1)OCO2. The Labute approximate surface area is 174 Å². The molecular formula is C22H21N3O5. The average Bonchev–Trinajstić information content (AvgIpc) is 3.20. The predicted octanol–water partition coefficient (Wildman–Crippen LogP) is 2.96. The molecule has 0 aromatic heterocycles. The third kappa shape index (κ3) is 4.89. The Hall–Kier alpha value is -3.99. The van der Waals surface area contributed by atoms with Gasteiger partial charge in [-0.25, -0.2) is 4.79 Å². The second-order valence-corrected chi connectivity index (χ2v) is 6.76. The van der Waals surface area contributed by atoms with Gasteiger partial charge in [0.15, 0.2) is 17.6 Å². The summed E-state index contributed by atoms with van der Waals surface area (Å²) in [5, 5.41) is 12.0. The van der Waals surface area contributed by atoms with E-state index in [1.807, 2.05) is 37.2 Å². The third-order valence-electron chi connectivity index (χ3n) is 4.35. The highest BCUT2D eigenvalue weighted by Gasteiger charge is 2.22. The van der Waals surface area contributed by atoms with E-state index in [2.05, 4.69) is 5.32 Å². The zero-order valence-corrected chi connectivity index (χ0v) is 16.8. The number of ether oxygens (including phenoxy) is 3. The highest BCUT2D eigenvalue weighted by atomic mass is 16.7. The van der Waals surface area contributed by atoms with Gasteiger partial charge in [0.05, 0.1) is 0 Å². The molecule has 0 spiro atoms. The van der Waals surface area contributed by atoms with Crippen LogP contribution in [0.4, 0.5) is 11.4 Å². The number of amides is 1. The Balaban J connectivity index is 1.62. The lowest BCUT2D eigenvalue weighted by atomic mass is 10.1. The summed E-state index contributed by atoms with van der Waals surface area (Å²) in [6.45, 7) is 1.56. The molecule has 3 rings (SSSR count). The molecule has 0 saturated heterocycles. The van der Waals surface area contributed by atoms with Gasteiger partial charge in [0.25, 0.3) is 5.91 Å². The number of carbonyl (C=O) groups excluding carboxylic acids is 2. The van der Waals surface area contributed by atoms with Crippen molar-refractivity contribution in [2.75, 3.05) is 31.1 Å². The minimum atomic E-state index is -1.10. The number of esters is 1. The maximum atomic E-state index is 12.4. The van der Waals surface area contributed by atoms with Gasteiger partial charge in [0, 0.05) is 31.5 Å². The van der Waals surface area contributed by atoms with E-state index in [0.717, 1.165) is 5.69 Å². The van der Waals surface area contributed by atoms with Crippen molar-refractivity contribution in [2.24, 2.45) is 0 Å². The number of benzene rings is 2. The van der Waals surface area contributed by atoms with Crippen LogP contribution in [-0.2, 0) is 14.3 Å². The molecule has 1 N–H and O–H groups in total. The van der Waals surface area contributed by atoms with Crippen LogP contribution < -0.4 is 19.7 Å². The van der Waals surface area contributed by atoms with Gasteiger partial charge in [-0.2, -0.15) is 5.26 Å². The van der Waals surface area contributed by atoms with Crippen molar-refractivity contribution < 1.29 is 23.8 Å². The topological polar surface area (TPSA) is 101 Å². The largest absolute Gasteiger partial charge is 0.454 e. The van der Waals surface area contributed by atoms with E-state index in [-0.39, 0.29) is 12.4 Å². The molecule has 0 fully saturated rings. The summed E-state index contributed by atoms with van der Waals surface area (Å²) in [4.78, 5) is 26.6. The van der Waals surface area contributed by atoms with Gasteiger partial charge in [-0.3, -0.25) is 4.79 Å². The van der Waals surface area contributed by atoms with E-state index in [1.165, 1.54) is 13.0 Å². The zero-order chi connectivity index (χ0) is 21.7. The van der Waals surface area contributed by atoms with Crippen molar-refractivity contribution in [2.45, 2.75) is 13.0 Å². The lowest BCUT2D eigenvalue weighted by molar-refractivity contribution is -0.148. The predicted molar refractivity (Wildman–Crippen MR) is 111 cm³/mol. The third-order valence-corrected chi connectivity index (χ3v) is 4.35. The van der Waals surface area contributed by atoms with E-state index < -0.39 is 18.0 Å². The summed E-state index contributed by atoms with van der Waals surface area (Å²) in [5.74, 6) is -0.292. The molecule has 1 aliphatic rings. The van der Waals surface area contributed by atoms with Crippen LogP contribution in [-0.4, -0.2) is 38.9 Å². The van der Waals surface area contributed by atoms with Crippen LogP contribution in [0.25, 0.3) is 6.08 Å². The van der Waals surface area contributed by atoms with Crippen LogP contribution in [0, 0.1) is 11.3 Å². The first-order valence-corrected chi connectivity index (χ1v) is 9.18. The van der Waals surface area contributed by atoms with Gasteiger partial charge in [-0.1, -0.05) is 12.1 Å².